The highest BCUT2D eigenvalue weighted by Gasteiger charge is 2.14. The fraction of sp³-hybridized carbons (Fsp3) is 0.500. The smallest absolute Gasteiger partial charge is 0.0900 e. The van der Waals surface area contributed by atoms with Crippen LogP contribution in [-0.4, -0.2) is 61.2 Å². The van der Waals surface area contributed by atoms with E-state index in [-0.39, 0.29) is 0 Å². The van der Waals surface area contributed by atoms with Crippen molar-refractivity contribution in [3.8, 4) is 0 Å². The van der Waals surface area contributed by atoms with Crippen molar-refractivity contribution in [2.45, 2.75) is 25.6 Å². The molecular formula is C20H30N2O3. The summed E-state index contributed by atoms with van der Waals surface area (Å²) >= 11 is 0. The van der Waals surface area contributed by atoms with E-state index in [1.54, 1.807) is 14.2 Å². The normalized spacial score (nSPS) is 12.6. The van der Waals surface area contributed by atoms with Gasteiger partial charge < -0.3 is 19.1 Å². The molecule has 25 heavy (non-hydrogen) atoms. The van der Waals surface area contributed by atoms with Crippen molar-refractivity contribution in [3.05, 3.63) is 59.9 Å². The van der Waals surface area contributed by atoms with Gasteiger partial charge in [0.25, 0.3) is 0 Å². The van der Waals surface area contributed by atoms with Gasteiger partial charge in [-0.25, -0.2) is 0 Å². The lowest BCUT2D eigenvalue weighted by molar-refractivity contribution is 0.0332. The molecule has 5 nitrogen and oxygen atoms in total. The second-order valence-electron chi connectivity index (χ2n) is 6.30. The number of aliphatic hydroxyl groups excluding tert-OH is 1. The van der Waals surface area contributed by atoms with E-state index < -0.39 is 6.10 Å². The number of ether oxygens (including phenoxy) is 2. The molecule has 1 aromatic heterocycles. The first-order chi connectivity index (χ1) is 12.2. The average Bonchev–Trinajstić information content (AvgIpc) is 3.03. The van der Waals surface area contributed by atoms with Crippen molar-refractivity contribution in [1.82, 2.24) is 9.47 Å². The lowest BCUT2D eigenvalue weighted by Crippen LogP contribution is -2.36. The second kappa shape index (κ2) is 11.1. The Balaban J connectivity index is 2.00. The van der Waals surface area contributed by atoms with Crippen LogP contribution >= 0.6 is 0 Å². The Morgan fingerprint density at radius 3 is 2.60 bits per heavy atom. The summed E-state index contributed by atoms with van der Waals surface area (Å²) in [5.74, 6) is 0. The van der Waals surface area contributed by atoms with Crippen molar-refractivity contribution in [2.75, 3.05) is 40.5 Å². The number of hydrogen-bond acceptors (Lipinski definition) is 4. The Hall–Kier alpha value is -1.66. The number of aromatic nitrogens is 1. The van der Waals surface area contributed by atoms with Crippen LogP contribution in [0, 0.1) is 0 Å². The van der Waals surface area contributed by atoms with Gasteiger partial charge in [-0.1, -0.05) is 30.3 Å². The van der Waals surface area contributed by atoms with Crippen LogP contribution in [0.1, 0.15) is 17.7 Å². The van der Waals surface area contributed by atoms with Crippen molar-refractivity contribution in [1.29, 1.82) is 0 Å². The monoisotopic (exact) mass is 346 g/mol. The molecule has 0 saturated carbocycles. The van der Waals surface area contributed by atoms with Crippen LogP contribution in [0.15, 0.2) is 48.7 Å². The minimum Gasteiger partial charge on any atom is -0.389 e. The summed E-state index contributed by atoms with van der Waals surface area (Å²) in [6.45, 7) is 4.20. The molecule has 1 N–H and O–H groups in total. The van der Waals surface area contributed by atoms with Gasteiger partial charge in [-0.3, -0.25) is 4.90 Å². The molecule has 0 amide bonds. The van der Waals surface area contributed by atoms with E-state index in [0.717, 1.165) is 32.7 Å². The number of hydrogen-bond donors (Lipinski definition) is 1. The largest absolute Gasteiger partial charge is 0.389 e. The third-order valence-electron chi connectivity index (χ3n) is 4.16. The summed E-state index contributed by atoms with van der Waals surface area (Å²) in [6, 6.07) is 14.7. The molecule has 0 aliphatic rings. The van der Waals surface area contributed by atoms with Gasteiger partial charge in [-0.2, -0.15) is 0 Å². The highest BCUT2D eigenvalue weighted by atomic mass is 16.5. The van der Waals surface area contributed by atoms with Gasteiger partial charge in [-0.15, -0.1) is 0 Å². The van der Waals surface area contributed by atoms with Gasteiger partial charge >= 0.3 is 0 Å². The Kier molecular flexibility index (Phi) is 8.69. The molecule has 5 heteroatoms. The predicted octanol–water partition coefficient (Wildman–Crippen LogP) is 2.38. The third kappa shape index (κ3) is 7.00. The van der Waals surface area contributed by atoms with E-state index in [1.165, 1.54) is 11.3 Å². The summed E-state index contributed by atoms with van der Waals surface area (Å²) in [6.07, 6.45) is 2.57. The van der Waals surface area contributed by atoms with Crippen molar-refractivity contribution in [2.24, 2.45) is 0 Å². The quantitative estimate of drug-likeness (QED) is 0.600. The van der Waals surface area contributed by atoms with E-state index in [9.17, 15) is 5.11 Å². The molecule has 2 aromatic rings. The Labute approximate surface area is 150 Å². The lowest BCUT2D eigenvalue weighted by atomic mass is 10.2. The highest BCUT2D eigenvalue weighted by molar-refractivity contribution is 5.17. The Morgan fingerprint density at radius 2 is 1.88 bits per heavy atom. The molecule has 0 saturated heterocycles. The van der Waals surface area contributed by atoms with Gasteiger partial charge in [0.2, 0.25) is 0 Å². The fourth-order valence-corrected chi connectivity index (χ4v) is 2.97. The van der Waals surface area contributed by atoms with Crippen LogP contribution in [0.3, 0.4) is 0 Å². The van der Waals surface area contributed by atoms with Crippen molar-refractivity contribution >= 4 is 0 Å². The minimum absolute atomic E-state index is 0.353. The summed E-state index contributed by atoms with van der Waals surface area (Å²) in [7, 11) is 3.33. The third-order valence-corrected chi connectivity index (χ3v) is 4.16. The number of nitrogens with zero attached hydrogens (tertiary/aromatic N) is 2. The molecule has 0 aliphatic carbocycles. The van der Waals surface area contributed by atoms with Gasteiger partial charge in [0.05, 0.1) is 12.7 Å². The number of rotatable bonds is 12. The Bertz CT molecular complexity index is 586. The van der Waals surface area contributed by atoms with Gasteiger partial charge in [0.1, 0.15) is 0 Å². The topological polar surface area (TPSA) is 46.9 Å². The zero-order valence-electron chi connectivity index (χ0n) is 15.3. The molecule has 138 valence electrons. The van der Waals surface area contributed by atoms with Crippen LogP contribution in [0.2, 0.25) is 0 Å². The second-order valence-corrected chi connectivity index (χ2v) is 6.30. The highest BCUT2D eigenvalue weighted by Crippen LogP contribution is 2.11. The van der Waals surface area contributed by atoms with Crippen molar-refractivity contribution in [3.63, 3.8) is 0 Å². The zero-order chi connectivity index (χ0) is 17.9. The predicted molar refractivity (Wildman–Crippen MR) is 99.6 cm³/mol. The summed E-state index contributed by atoms with van der Waals surface area (Å²) in [4.78, 5) is 2.26. The molecule has 0 spiro atoms. The van der Waals surface area contributed by atoms with E-state index in [2.05, 4.69) is 52.1 Å². The maximum atomic E-state index is 10.1. The molecule has 1 aromatic carbocycles. The molecular weight excluding hydrogens is 316 g/mol. The molecule has 0 unspecified atom stereocenters. The van der Waals surface area contributed by atoms with Gasteiger partial charge in [0.15, 0.2) is 0 Å². The average molecular weight is 346 g/mol. The Morgan fingerprint density at radius 1 is 1.08 bits per heavy atom. The van der Waals surface area contributed by atoms with Gasteiger partial charge in [0, 0.05) is 58.9 Å². The maximum absolute atomic E-state index is 10.1. The maximum Gasteiger partial charge on any atom is 0.0900 e. The van der Waals surface area contributed by atoms with Crippen LogP contribution in [0.4, 0.5) is 0 Å². The van der Waals surface area contributed by atoms with E-state index in [1.807, 2.05) is 6.07 Å². The first kappa shape index (κ1) is 19.7. The minimum atomic E-state index is -0.481. The summed E-state index contributed by atoms with van der Waals surface area (Å²) in [5, 5.41) is 10.1. The fourth-order valence-electron chi connectivity index (χ4n) is 2.97. The number of benzene rings is 1. The number of aliphatic hydroxyl groups is 1. The number of methoxy groups -OCH3 is 2. The molecule has 0 fully saturated rings. The van der Waals surface area contributed by atoms with Gasteiger partial charge in [-0.05, 0) is 24.1 Å². The summed E-state index contributed by atoms with van der Waals surface area (Å²) in [5.41, 5.74) is 2.52. The standard InChI is InChI=1S/C20H30N2O3/c1-24-13-7-11-21(16-20(23)17-25-2)15-19-10-6-12-22(19)14-18-8-4-3-5-9-18/h3-6,8-10,12,20,23H,7,11,13-17H2,1-2H3/t20-/m1/s1. The summed E-state index contributed by atoms with van der Waals surface area (Å²) < 4.78 is 12.5. The lowest BCUT2D eigenvalue weighted by Gasteiger charge is -2.25. The molecule has 1 heterocycles. The molecule has 0 aliphatic heterocycles. The van der Waals surface area contributed by atoms with Crippen LogP contribution in [0.5, 0.6) is 0 Å². The molecule has 0 bridgehead atoms. The van der Waals surface area contributed by atoms with Crippen LogP contribution in [0.25, 0.3) is 0 Å². The van der Waals surface area contributed by atoms with Crippen molar-refractivity contribution < 1.29 is 14.6 Å². The van der Waals surface area contributed by atoms with Crippen LogP contribution in [-0.2, 0) is 22.6 Å². The zero-order valence-corrected chi connectivity index (χ0v) is 15.3. The van der Waals surface area contributed by atoms with Crippen LogP contribution < -0.4 is 0 Å². The molecule has 0 radical (unpaired) electrons. The van der Waals surface area contributed by atoms with E-state index in [4.69, 9.17) is 9.47 Å². The van der Waals surface area contributed by atoms with E-state index in [0.29, 0.717) is 13.2 Å². The first-order valence-corrected chi connectivity index (χ1v) is 8.79. The molecule has 2 rings (SSSR count). The molecule has 1 atom stereocenters. The first-order valence-electron chi connectivity index (χ1n) is 8.79. The van der Waals surface area contributed by atoms with E-state index >= 15 is 0 Å². The SMILES string of the molecule is COCCCN(Cc1cccn1Cc1ccccc1)C[C@@H](O)COC.